The van der Waals surface area contributed by atoms with Gasteiger partial charge in [-0.3, -0.25) is 4.79 Å². The van der Waals surface area contributed by atoms with Crippen LogP contribution in [-0.2, 0) is 4.79 Å². The summed E-state index contributed by atoms with van der Waals surface area (Å²) in [7, 11) is 1.84. The summed E-state index contributed by atoms with van der Waals surface area (Å²) >= 11 is 0. The van der Waals surface area contributed by atoms with E-state index in [9.17, 15) is 4.79 Å². The number of halogens is 1. The molecule has 2 N–H and O–H groups in total. The van der Waals surface area contributed by atoms with Crippen molar-refractivity contribution in [2.24, 2.45) is 0 Å². The third kappa shape index (κ3) is 4.64. The highest BCUT2D eigenvalue weighted by molar-refractivity contribution is 5.91. The second-order valence-electron chi connectivity index (χ2n) is 3.72. The van der Waals surface area contributed by atoms with E-state index >= 15 is 0 Å². The highest BCUT2D eigenvalue weighted by Crippen LogP contribution is 2.16. The lowest BCUT2D eigenvalue weighted by atomic mass is 10.1. The van der Waals surface area contributed by atoms with Crippen LogP contribution in [0.25, 0.3) is 0 Å². The Bertz CT molecular complexity index is 353. The number of benzene rings is 1. The molecule has 1 aromatic carbocycles. The number of carbonyl (C=O) groups is 1. The van der Waals surface area contributed by atoms with Crippen molar-refractivity contribution in [3.05, 3.63) is 29.3 Å². The molecule has 0 fully saturated rings. The molecule has 0 atom stereocenters. The number of amides is 1. The van der Waals surface area contributed by atoms with Gasteiger partial charge in [0.15, 0.2) is 0 Å². The Morgan fingerprint density at radius 1 is 1.31 bits per heavy atom. The van der Waals surface area contributed by atoms with Crippen molar-refractivity contribution in [2.75, 3.05) is 18.9 Å². The summed E-state index contributed by atoms with van der Waals surface area (Å²) in [6.45, 7) is 4.71. The standard InChI is InChI=1S/C12H18N2O.ClH/c1-9-4-5-10(2)11(8-9)14-12(15)6-7-13-3;/h4-5,8,13H,6-7H2,1-3H3,(H,14,15);1H. The van der Waals surface area contributed by atoms with Crippen LogP contribution in [0.2, 0.25) is 0 Å². The van der Waals surface area contributed by atoms with Crippen LogP contribution >= 0.6 is 12.4 Å². The summed E-state index contributed by atoms with van der Waals surface area (Å²) < 4.78 is 0. The molecule has 0 aliphatic carbocycles. The molecule has 1 amide bonds. The quantitative estimate of drug-likeness (QED) is 0.851. The third-order valence-electron chi connectivity index (χ3n) is 2.27. The smallest absolute Gasteiger partial charge is 0.225 e. The molecule has 1 rings (SSSR count). The van der Waals surface area contributed by atoms with Gasteiger partial charge in [0.1, 0.15) is 0 Å². The summed E-state index contributed by atoms with van der Waals surface area (Å²) in [5, 5.41) is 5.86. The number of hydrogen-bond acceptors (Lipinski definition) is 2. The van der Waals surface area contributed by atoms with E-state index in [1.807, 2.05) is 39.1 Å². The molecule has 0 saturated carbocycles. The molecule has 0 saturated heterocycles. The molecule has 0 unspecified atom stereocenters. The van der Waals surface area contributed by atoms with E-state index < -0.39 is 0 Å². The predicted octanol–water partition coefficient (Wildman–Crippen LogP) is 2.27. The Kier molecular flexibility index (Phi) is 6.77. The van der Waals surface area contributed by atoms with Gasteiger partial charge >= 0.3 is 0 Å². The summed E-state index contributed by atoms with van der Waals surface area (Å²) in [6.07, 6.45) is 0.504. The van der Waals surface area contributed by atoms with Crippen LogP contribution in [0, 0.1) is 13.8 Å². The Hall–Kier alpha value is -1.06. The van der Waals surface area contributed by atoms with Crippen molar-refractivity contribution in [1.29, 1.82) is 0 Å². The number of carbonyl (C=O) groups excluding carboxylic acids is 1. The molecular formula is C12H19ClN2O. The average Bonchev–Trinajstić information content (AvgIpc) is 2.20. The number of aryl methyl sites for hydroxylation is 2. The summed E-state index contributed by atoms with van der Waals surface area (Å²) in [6, 6.07) is 6.05. The van der Waals surface area contributed by atoms with Crippen molar-refractivity contribution in [2.45, 2.75) is 20.3 Å². The highest BCUT2D eigenvalue weighted by atomic mass is 35.5. The molecule has 0 heterocycles. The first-order chi connectivity index (χ1) is 7.13. The van der Waals surface area contributed by atoms with Gasteiger partial charge in [0.25, 0.3) is 0 Å². The highest BCUT2D eigenvalue weighted by Gasteiger charge is 2.03. The Morgan fingerprint density at radius 3 is 2.62 bits per heavy atom. The van der Waals surface area contributed by atoms with Crippen molar-refractivity contribution in [3.8, 4) is 0 Å². The first-order valence-corrected chi connectivity index (χ1v) is 5.15. The Morgan fingerprint density at radius 2 is 2.00 bits per heavy atom. The largest absolute Gasteiger partial charge is 0.326 e. The molecule has 90 valence electrons. The molecule has 0 aliphatic rings. The number of hydrogen-bond donors (Lipinski definition) is 2. The predicted molar refractivity (Wildman–Crippen MR) is 70.3 cm³/mol. The van der Waals surface area contributed by atoms with E-state index in [2.05, 4.69) is 10.6 Å². The molecular weight excluding hydrogens is 224 g/mol. The van der Waals surface area contributed by atoms with Gasteiger partial charge in [-0.05, 0) is 38.1 Å². The number of anilines is 1. The fourth-order valence-electron chi connectivity index (χ4n) is 1.32. The average molecular weight is 243 g/mol. The molecule has 0 aromatic heterocycles. The molecule has 3 nitrogen and oxygen atoms in total. The van der Waals surface area contributed by atoms with E-state index in [-0.39, 0.29) is 18.3 Å². The first kappa shape index (κ1) is 14.9. The second kappa shape index (κ2) is 7.25. The SMILES string of the molecule is CNCCC(=O)Nc1cc(C)ccc1C.Cl. The zero-order valence-corrected chi connectivity index (χ0v) is 10.8. The van der Waals surface area contributed by atoms with Crippen LogP contribution in [-0.4, -0.2) is 19.5 Å². The van der Waals surface area contributed by atoms with Gasteiger partial charge in [0.05, 0.1) is 0 Å². The third-order valence-corrected chi connectivity index (χ3v) is 2.27. The minimum absolute atomic E-state index is 0. The van der Waals surface area contributed by atoms with Crippen LogP contribution in [0.4, 0.5) is 5.69 Å². The first-order valence-electron chi connectivity index (χ1n) is 5.15. The van der Waals surface area contributed by atoms with Crippen molar-refractivity contribution in [3.63, 3.8) is 0 Å². The maximum absolute atomic E-state index is 11.5. The lowest BCUT2D eigenvalue weighted by Gasteiger charge is -2.09. The molecule has 0 spiro atoms. The maximum atomic E-state index is 11.5. The van der Waals surface area contributed by atoms with Gasteiger partial charge in [-0.15, -0.1) is 12.4 Å². The molecule has 4 heteroatoms. The zero-order valence-electron chi connectivity index (χ0n) is 9.96. The molecule has 1 aromatic rings. The minimum atomic E-state index is 0. The van der Waals surface area contributed by atoms with Gasteiger partial charge in [0, 0.05) is 18.7 Å². The van der Waals surface area contributed by atoms with Gasteiger partial charge in [-0.25, -0.2) is 0 Å². The fraction of sp³-hybridized carbons (Fsp3) is 0.417. The van der Waals surface area contributed by atoms with E-state index in [1.54, 1.807) is 0 Å². The minimum Gasteiger partial charge on any atom is -0.326 e. The molecule has 0 bridgehead atoms. The summed E-state index contributed by atoms with van der Waals surface area (Å²) in [5.41, 5.74) is 3.17. The van der Waals surface area contributed by atoms with Gasteiger partial charge < -0.3 is 10.6 Å². The van der Waals surface area contributed by atoms with E-state index in [0.717, 1.165) is 16.8 Å². The Labute approximate surface area is 103 Å². The lowest BCUT2D eigenvalue weighted by molar-refractivity contribution is -0.116. The van der Waals surface area contributed by atoms with E-state index in [0.29, 0.717) is 13.0 Å². The summed E-state index contributed by atoms with van der Waals surface area (Å²) in [5.74, 6) is 0.0538. The number of rotatable bonds is 4. The maximum Gasteiger partial charge on any atom is 0.225 e. The van der Waals surface area contributed by atoms with Gasteiger partial charge in [-0.2, -0.15) is 0 Å². The Balaban J connectivity index is 0.00000225. The fourth-order valence-corrected chi connectivity index (χ4v) is 1.32. The molecule has 0 radical (unpaired) electrons. The van der Waals surface area contributed by atoms with Gasteiger partial charge in [-0.1, -0.05) is 12.1 Å². The van der Waals surface area contributed by atoms with Crippen LogP contribution in [0.15, 0.2) is 18.2 Å². The van der Waals surface area contributed by atoms with Crippen LogP contribution in [0.1, 0.15) is 17.5 Å². The van der Waals surface area contributed by atoms with Crippen LogP contribution < -0.4 is 10.6 Å². The van der Waals surface area contributed by atoms with E-state index in [1.165, 1.54) is 0 Å². The van der Waals surface area contributed by atoms with Crippen molar-refractivity contribution < 1.29 is 4.79 Å². The monoisotopic (exact) mass is 242 g/mol. The van der Waals surface area contributed by atoms with Gasteiger partial charge in [0.2, 0.25) is 5.91 Å². The van der Waals surface area contributed by atoms with Crippen molar-refractivity contribution >= 4 is 24.0 Å². The van der Waals surface area contributed by atoms with Crippen LogP contribution in [0.5, 0.6) is 0 Å². The topological polar surface area (TPSA) is 41.1 Å². The normalized spacial score (nSPS) is 9.44. The van der Waals surface area contributed by atoms with Crippen molar-refractivity contribution in [1.82, 2.24) is 5.32 Å². The summed E-state index contributed by atoms with van der Waals surface area (Å²) in [4.78, 5) is 11.5. The zero-order chi connectivity index (χ0) is 11.3. The lowest BCUT2D eigenvalue weighted by Crippen LogP contribution is -2.19. The molecule has 0 aliphatic heterocycles. The van der Waals surface area contributed by atoms with Crippen LogP contribution in [0.3, 0.4) is 0 Å². The number of nitrogens with one attached hydrogen (secondary N) is 2. The van der Waals surface area contributed by atoms with E-state index in [4.69, 9.17) is 0 Å². The second-order valence-corrected chi connectivity index (χ2v) is 3.72. The molecule has 16 heavy (non-hydrogen) atoms.